The van der Waals surface area contributed by atoms with Crippen molar-refractivity contribution in [2.24, 2.45) is 11.7 Å². The molecule has 26 heavy (non-hydrogen) atoms. The molecule has 1 fully saturated rings. The van der Waals surface area contributed by atoms with E-state index in [2.05, 4.69) is 30.4 Å². The largest absolute Gasteiger partial charge is 0.355 e. The number of thioether (sulfide) groups is 1. The van der Waals surface area contributed by atoms with Gasteiger partial charge in [-0.15, -0.1) is 12.4 Å². The lowest BCUT2D eigenvalue weighted by atomic mass is 10.0. The van der Waals surface area contributed by atoms with Crippen LogP contribution in [0.5, 0.6) is 0 Å². The molecule has 1 aromatic carbocycles. The number of carbonyl (C=O) groups is 2. The first-order valence-electron chi connectivity index (χ1n) is 8.88. The third-order valence-corrected chi connectivity index (χ3v) is 5.67. The Bertz CT molecular complexity index is 600. The van der Waals surface area contributed by atoms with Gasteiger partial charge in [-0.2, -0.15) is 11.8 Å². The Morgan fingerprint density at radius 3 is 2.69 bits per heavy atom. The summed E-state index contributed by atoms with van der Waals surface area (Å²) in [6.07, 6.45) is 1.52. The summed E-state index contributed by atoms with van der Waals surface area (Å²) >= 11 is 1.82. The number of nitrogens with zero attached hydrogens (tertiary/aromatic N) is 1. The summed E-state index contributed by atoms with van der Waals surface area (Å²) in [6.45, 7) is 5.33. The SMILES string of the molecule is CC(=O)N1C[C@@H](N)CC[C@@H](C(=O)NCCSCc2ccccc2C)C1.Cl. The third-order valence-electron chi connectivity index (χ3n) is 4.66. The predicted octanol–water partition coefficient (Wildman–Crippen LogP) is 2.35. The molecule has 1 aliphatic rings. The molecule has 0 aliphatic carbocycles. The zero-order chi connectivity index (χ0) is 18.2. The third kappa shape index (κ3) is 7.17. The van der Waals surface area contributed by atoms with Gasteiger partial charge in [-0.05, 0) is 30.9 Å². The second kappa shape index (κ2) is 11.5. The molecule has 0 spiro atoms. The van der Waals surface area contributed by atoms with Gasteiger partial charge in [-0.3, -0.25) is 9.59 Å². The lowest BCUT2D eigenvalue weighted by Gasteiger charge is -2.23. The first-order chi connectivity index (χ1) is 12.0. The minimum atomic E-state index is -0.154. The number of likely N-dealkylation sites (tertiary alicyclic amines) is 1. The lowest BCUT2D eigenvalue weighted by Crippen LogP contribution is -2.42. The average Bonchev–Trinajstić information content (AvgIpc) is 2.78. The molecule has 1 saturated heterocycles. The fourth-order valence-electron chi connectivity index (χ4n) is 3.04. The van der Waals surface area contributed by atoms with Crippen molar-refractivity contribution in [1.82, 2.24) is 10.2 Å². The van der Waals surface area contributed by atoms with E-state index in [-0.39, 0.29) is 36.2 Å². The van der Waals surface area contributed by atoms with Crippen molar-refractivity contribution in [3.05, 3.63) is 35.4 Å². The first-order valence-corrected chi connectivity index (χ1v) is 10.0. The summed E-state index contributed by atoms with van der Waals surface area (Å²) in [5, 5.41) is 3.02. The highest BCUT2D eigenvalue weighted by Crippen LogP contribution is 2.17. The zero-order valence-electron chi connectivity index (χ0n) is 15.6. The van der Waals surface area contributed by atoms with Crippen LogP contribution in [-0.2, 0) is 15.3 Å². The van der Waals surface area contributed by atoms with Gasteiger partial charge in [0.15, 0.2) is 0 Å². The van der Waals surface area contributed by atoms with Crippen LogP contribution in [0.2, 0.25) is 0 Å². The van der Waals surface area contributed by atoms with E-state index < -0.39 is 0 Å². The molecule has 0 bridgehead atoms. The van der Waals surface area contributed by atoms with E-state index >= 15 is 0 Å². The highest BCUT2D eigenvalue weighted by atomic mass is 35.5. The number of hydrogen-bond donors (Lipinski definition) is 2. The van der Waals surface area contributed by atoms with Gasteiger partial charge in [0.25, 0.3) is 0 Å². The van der Waals surface area contributed by atoms with Crippen molar-refractivity contribution in [3.63, 3.8) is 0 Å². The van der Waals surface area contributed by atoms with Gasteiger partial charge in [-0.25, -0.2) is 0 Å². The van der Waals surface area contributed by atoms with Gasteiger partial charge in [0, 0.05) is 44.1 Å². The Kier molecular flexibility index (Phi) is 10.1. The van der Waals surface area contributed by atoms with Crippen molar-refractivity contribution in [3.8, 4) is 0 Å². The molecule has 0 radical (unpaired) electrons. The van der Waals surface area contributed by atoms with E-state index in [9.17, 15) is 9.59 Å². The van der Waals surface area contributed by atoms with Crippen LogP contribution in [0.25, 0.3) is 0 Å². The average molecular weight is 400 g/mol. The van der Waals surface area contributed by atoms with Crippen LogP contribution in [0.15, 0.2) is 24.3 Å². The zero-order valence-corrected chi connectivity index (χ0v) is 17.2. The van der Waals surface area contributed by atoms with Crippen LogP contribution in [0.4, 0.5) is 0 Å². The molecule has 3 N–H and O–H groups in total. The standard InChI is InChI=1S/C19H29N3O2S.ClH/c1-14-5-3-4-6-17(14)13-25-10-9-21-19(24)16-7-8-18(20)12-22(11-16)15(2)23;/h3-6,16,18H,7-13,20H2,1-2H3,(H,21,24);1H/t16-,18+;/m1./s1. The van der Waals surface area contributed by atoms with E-state index in [1.807, 2.05) is 17.8 Å². The van der Waals surface area contributed by atoms with Crippen LogP contribution < -0.4 is 11.1 Å². The maximum atomic E-state index is 12.4. The normalized spacial score (nSPS) is 20.0. The summed E-state index contributed by atoms with van der Waals surface area (Å²) in [7, 11) is 0. The Balaban J connectivity index is 0.00000338. The van der Waals surface area contributed by atoms with Crippen molar-refractivity contribution in [1.29, 1.82) is 0 Å². The number of rotatable bonds is 6. The number of hydrogen-bond acceptors (Lipinski definition) is 4. The van der Waals surface area contributed by atoms with E-state index in [0.29, 0.717) is 19.6 Å². The predicted molar refractivity (Wildman–Crippen MR) is 111 cm³/mol. The molecule has 1 aromatic rings. The fourth-order valence-corrected chi connectivity index (χ4v) is 3.97. The van der Waals surface area contributed by atoms with Gasteiger partial charge in [0.05, 0.1) is 5.92 Å². The number of carbonyl (C=O) groups excluding carboxylic acids is 2. The molecule has 2 rings (SSSR count). The summed E-state index contributed by atoms with van der Waals surface area (Å²) in [5.41, 5.74) is 8.65. The van der Waals surface area contributed by atoms with E-state index in [1.54, 1.807) is 4.90 Å². The van der Waals surface area contributed by atoms with Crippen LogP contribution in [0.1, 0.15) is 30.9 Å². The van der Waals surface area contributed by atoms with Gasteiger partial charge in [0.1, 0.15) is 0 Å². The Labute approximate surface area is 166 Å². The molecule has 1 heterocycles. The Morgan fingerprint density at radius 2 is 2.00 bits per heavy atom. The summed E-state index contributed by atoms with van der Waals surface area (Å²) in [6, 6.07) is 8.34. The van der Waals surface area contributed by atoms with Gasteiger partial charge in [0.2, 0.25) is 11.8 Å². The van der Waals surface area contributed by atoms with Crippen LogP contribution in [-0.4, -0.2) is 48.1 Å². The summed E-state index contributed by atoms with van der Waals surface area (Å²) in [4.78, 5) is 25.8. The molecule has 146 valence electrons. The van der Waals surface area contributed by atoms with Crippen molar-refractivity contribution in [2.45, 2.75) is 38.5 Å². The molecule has 2 atom stereocenters. The highest BCUT2D eigenvalue weighted by Gasteiger charge is 2.27. The number of benzene rings is 1. The summed E-state index contributed by atoms with van der Waals surface area (Å²) < 4.78 is 0. The van der Waals surface area contributed by atoms with Crippen molar-refractivity contribution in [2.75, 3.05) is 25.4 Å². The monoisotopic (exact) mass is 399 g/mol. The van der Waals surface area contributed by atoms with E-state index in [4.69, 9.17) is 5.73 Å². The second-order valence-corrected chi connectivity index (χ2v) is 7.83. The molecule has 5 nitrogen and oxygen atoms in total. The molecule has 2 amide bonds. The fraction of sp³-hybridized carbons (Fsp3) is 0.579. The molecule has 0 saturated carbocycles. The second-order valence-electron chi connectivity index (χ2n) is 6.73. The maximum absolute atomic E-state index is 12.4. The minimum Gasteiger partial charge on any atom is -0.355 e. The molecule has 0 unspecified atom stereocenters. The number of nitrogens with one attached hydrogen (secondary N) is 1. The first kappa shape index (κ1) is 22.8. The molecule has 1 aliphatic heterocycles. The van der Waals surface area contributed by atoms with Gasteiger partial charge in [-0.1, -0.05) is 24.3 Å². The summed E-state index contributed by atoms with van der Waals surface area (Å²) in [5.74, 6) is 1.71. The molecule has 7 heteroatoms. The number of halogens is 1. The van der Waals surface area contributed by atoms with Crippen LogP contribution >= 0.6 is 24.2 Å². The van der Waals surface area contributed by atoms with Gasteiger partial charge < -0.3 is 16.0 Å². The van der Waals surface area contributed by atoms with E-state index in [1.165, 1.54) is 18.1 Å². The van der Waals surface area contributed by atoms with Crippen molar-refractivity contribution >= 4 is 36.0 Å². The van der Waals surface area contributed by atoms with Crippen LogP contribution in [0.3, 0.4) is 0 Å². The van der Waals surface area contributed by atoms with Crippen molar-refractivity contribution < 1.29 is 9.59 Å². The smallest absolute Gasteiger partial charge is 0.224 e. The topological polar surface area (TPSA) is 75.4 Å². The Hall–Kier alpha value is -1.24. The van der Waals surface area contributed by atoms with Gasteiger partial charge >= 0.3 is 0 Å². The lowest BCUT2D eigenvalue weighted by molar-refractivity contribution is -0.131. The highest BCUT2D eigenvalue weighted by molar-refractivity contribution is 7.98. The number of amides is 2. The van der Waals surface area contributed by atoms with E-state index in [0.717, 1.165) is 24.3 Å². The number of aryl methyl sites for hydroxylation is 1. The quantitative estimate of drug-likeness (QED) is 0.720. The maximum Gasteiger partial charge on any atom is 0.224 e. The number of nitrogens with two attached hydrogens (primary N) is 1. The molecular formula is C19H30ClN3O2S. The minimum absolute atomic E-state index is 0. The van der Waals surface area contributed by atoms with Crippen LogP contribution in [0, 0.1) is 12.8 Å². The molecular weight excluding hydrogens is 370 g/mol. The Morgan fingerprint density at radius 1 is 1.27 bits per heavy atom. The molecule has 0 aromatic heterocycles.